The Morgan fingerprint density at radius 3 is 2.05 bits per heavy atom. The van der Waals surface area contributed by atoms with Crippen LogP contribution in [0.2, 0.25) is 10.0 Å². The smallest absolute Gasteiger partial charge is 0.160 e. The molecule has 0 unspecified atom stereocenters. The van der Waals surface area contributed by atoms with Gasteiger partial charge in [-0.1, -0.05) is 35.3 Å². The summed E-state index contributed by atoms with van der Waals surface area (Å²) >= 11 is 11.5. The first kappa shape index (κ1) is 14.9. The quantitative estimate of drug-likeness (QED) is 0.776. The highest BCUT2D eigenvalue weighted by atomic mass is 35.5. The average Bonchev–Trinajstić information content (AvgIpc) is 2.39. The van der Waals surface area contributed by atoms with E-state index < -0.39 is 5.82 Å². The van der Waals surface area contributed by atoms with Gasteiger partial charge in [0, 0.05) is 12.2 Å². The van der Waals surface area contributed by atoms with Crippen LogP contribution in [0.1, 0.15) is 16.7 Å². The summed E-state index contributed by atoms with van der Waals surface area (Å²) in [6, 6.07) is 6.76. The van der Waals surface area contributed by atoms with Gasteiger partial charge in [0.15, 0.2) is 5.82 Å². The van der Waals surface area contributed by atoms with E-state index in [0.717, 1.165) is 16.7 Å². The highest BCUT2D eigenvalue weighted by molar-refractivity contribution is 6.35. The van der Waals surface area contributed by atoms with Gasteiger partial charge < -0.3 is 10.4 Å². The van der Waals surface area contributed by atoms with E-state index in [2.05, 4.69) is 5.32 Å². The summed E-state index contributed by atoms with van der Waals surface area (Å²) in [4.78, 5) is 0. The van der Waals surface area contributed by atoms with Gasteiger partial charge in [-0.05, 0) is 42.7 Å². The van der Waals surface area contributed by atoms with Crippen LogP contribution in [-0.2, 0) is 6.54 Å². The van der Waals surface area contributed by atoms with Crippen LogP contribution in [0.5, 0.6) is 5.75 Å². The van der Waals surface area contributed by atoms with Crippen LogP contribution in [0.3, 0.4) is 0 Å². The first-order valence-corrected chi connectivity index (χ1v) is 6.81. The molecular formula is C15H14Cl2FNO. The van der Waals surface area contributed by atoms with Crippen molar-refractivity contribution in [1.29, 1.82) is 0 Å². The van der Waals surface area contributed by atoms with Crippen LogP contribution in [0, 0.1) is 19.7 Å². The molecule has 0 spiro atoms. The van der Waals surface area contributed by atoms with Crippen molar-refractivity contribution in [3.8, 4) is 5.75 Å². The third-order valence-electron chi connectivity index (χ3n) is 3.03. The first-order valence-electron chi connectivity index (χ1n) is 6.06. The Labute approximate surface area is 127 Å². The lowest BCUT2D eigenvalue weighted by Gasteiger charge is -2.11. The topological polar surface area (TPSA) is 32.3 Å². The Bertz CT molecular complexity index is 555. The summed E-state index contributed by atoms with van der Waals surface area (Å²) in [5.74, 6) is -0.308. The molecule has 106 valence electrons. The minimum absolute atomic E-state index is 0.0157. The van der Waals surface area contributed by atoms with Crippen LogP contribution < -0.4 is 5.32 Å². The number of phenolic OH excluding ortho intramolecular Hbond substituents is 1. The van der Waals surface area contributed by atoms with Gasteiger partial charge in [-0.3, -0.25) is 0 Å². The molecule has 2 aromatic carbocycles. The summed E-state index contributed by atoms with van der Waals surface area (Å²) in [6.45, 7) is 4.22. The summed E-state index contributed by atoms with van der Waals surface area (Å²) < 4.78 is 13.3. The molecule has 0 fully saturated rings. The van der Waals surface area contributed by atoms with E-state index in [1.807, 2.05) is 26.0 Å². The molecule has 2 rings (SSSR count). The third-order valence-corrected chi connectivity index (χ3v) is 3.58. The largest absolute Gasteiger partial charge is 0.507 e. The van der Waals surface area contributed by atoms with E-state index in [1.165, 1.54) is 12.1 Å². The van der Waals surface area contributed by atoms with Crippen LogP contribution in [0.15, 0.2) is 24.3 Å². The van der Waals surface area contributed by atoms with Gasteiger partial charge in [-0.25, -0.2) is 4.39 Å². The maximum atomic E-state index is 13.3. The first-order chi connectivity index (χ1) is 9.38. The Morgan fingerprint density at radius 2 is 1.55 bits per heavy atom. The van der Waals surface area contributed by atoms with Crippen molar-refractivity contribution >= 4 is 28.9 Å². The molecule has 0 aliphatic heterocycles. The molecule has 0 amide bonds. The van der Waals surface area contributed by atoms with Crippen molar-refractivity contribution in [2.75, 3.05) is 5.32 Å². The molecule has 20 heavy (non-hydrogen) atoms. The SMILES string of the molecule is Cc1cc(CNc2cc(Cl)c(F)c(Cl)c2)cc(C)c1O. The molecule has 2 aromatic rings. The maximum absolute atomic E-state index is 13.3. The van der Waals surface area contributed by atoms with E-state index in [4.69, 9.17) is 23.2 Å². The van der Waals surface area contributed by atoms with Gasteiger partial charge >= 0.3 is 0 Å². The lowest BCUT2D eigenvalue weighted by Crippen LogP contribution is -2.01. The lowest BCUT2D eigenvalue weighted by atomic mass is 10.1. The van der Waals surface area contributed by atoms with Crippen molar-refractivity contribution in [3.05, 3.63) is 56.8 Å². The van der Waals surface area contributed by atoms with E-state index in [-0.39, 0.29) is 10.0 Å². The van der Waals surface area contributed by atoms with Crippen molar-refractivity contribution in [2.45, 2.75) is 20.4 Å². The van der Waals surface area contributed by atoms with Crippen LogP contribution >= 0.6 is 23.2 Å². The van der Waals surface area contributed by atoms with Gasteiger partial charge in [0.1, 0.15) is 5.75 Å². The number of hydrogen-bond acceptors (Lipinski definition) is 2. The van der Waals surface area contributed by atoms with E-state index >= 15 is 0 Å². The molecule has 0 heterocycles. The molecule has 0 saturated heterocycles. The number of rotatable bonds is 3. The molecule has 2 N–H and O–H groups in total. The number of anilines is 1. The fraction of sp³-hybridized carbons (Fsp3) is 0.200. The molecule has 0 aliphatic carbocycles. The molecule has 0 bridgehead atoms. The van der Waals surface area contributed by atoms with E-state index in [0.29, 0.717) is 18.0 Å². The van der Waals surface area contributed by atoms with Crippen LogP contribution in [0.25, 0.3) is 0 Å². The van der Waals surface area contributed by atoms with Crippen molar-refractivity contribution in [3.63, 3.8) is 0 Å². The summed E-state index contributed by atoms with van der Waals surface area (Å²) in [7, 11) is 0. The molecule has 0 aromatic heterocycles. The number of nitrogens with one attached hydrogen (secondary N) is 1. The molecule has 0 atom stereocenters. The molecular weight excluding hydrogens is 300 g/mol. The lowest BCUT2D eigenvalue weighted by molar-refractivity contribution is 0.466. The highest BCUT2D eigenvalue weighted by Crippen LogP contribution is 2.28. The summed E-state index contributed by atoms with van der Waals surface area (Å²) in [5, 5.41) is 12.8. The molecule has 0 saturated carbocycles. The van der Waals surface area contributed by atoms with Crippen molar-refractivity contribution in [1.82, 2.24) is 0 Å². The fourth-order valence-electron chi connectivity index (χ4n) is 2.01. The van der Waals surface area contributed by atoms with Crippen LogP contribution in [-0.4, -0.2) is 5.11 Å². The zero-order valence-corrected chi connectivity index (χ0v) is 12.6. The van der Waals surface area contributed by atoms with Gasteiger partial charge in [-0.15, -0.1) is 0 Å². The Balaban J connectivity index is 2.17. The molecule has 0 radical (unpaired) electrons. The van der Waals surface area contributed by atoms with E-state index in [9.17, 15) is 9.50 Å². The number of aryl methyl sites for hydroxylation is 2. The molecule has 0 aliphatic rings. The zero-order chi connectivity index (χ0) is 14.9. The van der Waals surface area contributed by atoms with Crippen LogP contribution in [0.4, 0.5) is 10.1 Å². The summed E-state index contributed by atoms with van der Waals surface area (Å²) in [5.41, 5.74) is 3.29. The predicted octanol–water partition coefficient (Wildman–Crippen LogP) is 5.07. The normalized spacial score (nSPS) is 10.7. The zero-order valence-electron chi connectivity index (χ0n) is 11.1. The molecule has 2 nitrogen and oxygen atoms in total. The highest BCUT2D eigenvalue weighted by Gasteiger charge is 2.08. The second-order valence-electron chi connectivity index (χ2n) is 4.69. The number of hydrogen-bond donors (Lipinski definition) is 2. The fourth-order valence-corrected chi connectivity index (χ4v) is 2.50. The third kappa shape index (κ3) is 3.17. The van der Waals surface area contributed by atoms with Crippen molar-refractivity contribution < 1.29 is 9.50 Å². The Kier molecular flexibility index (Phi) is 4.41. The second kappa shape index (κ2) is 5.90. The number of aromatic hydroxyl groups is 1. The minimum Gasteiger partial charge on any atom is -0.507 e. The predicted molar refractivity (Wildman–Crippen MR) is 81.3 cm³/mol. The molecule has 5 heteroatoms. The monoisotopic (exact) mass is 313 g/mol. The standard InChI is InChI=1S/C15H14Cl2FNO/c1-8-3-10(4-9(2)15(8)20)7-19-11-5-12(16)14(18)13(17)6-11/h3-6,19-20H,7H2,1-2H3. The second-order valence-corrected chi connectivity index (χ2v) is 5.50. The summed E-state index contributed by atoms with van der Waals surface area (Å²) in [6.07, 6.45) is 0. The minimum atomic E-state index is -0.616. The average molecular weight is 314 g/mol. The van der Waals surface area contributed by atoms with Crippen molar-refractivity contribution in [2.24, 2.45) is 0 Å². The van der Waals surface area contributed by atoms with Gasteiger partial charge in [0.25, 0.3) is 0 Å². The van der Waals surface area contributed by atoms with Gasteiger partial charge in [0.2, 0.25) is 0 Å². The van der Waals surface area contributed by atoms with E-state index in [1.54, 1.807) is 0 Å². The number of phenols is 1. The Morgan fingerprint density at radius 1 is 1.05 bits per heavy atom. The van der Waals surface area contributed by atoms with Gasteiger partial charge in [-0.2, -0.15) is 0 Å². The van der Waals surface area contributed by atoms with Gasteiger partial charge in [0.05, 0.1) is 10.0 Å². The number of halogens is 3. The Hall–Kier alpha value is -1.45. The number of benzene rings is 2. The maximum Gasteiger partial charge on any atom is 0.160 e.